The molecule has 10 atom stereocenters. The first-order valence-corrected chi connectivity index (χ1v) is 21.5. The lowest BCUT2D eigenvalue weighted by Gasteiger charge is -2.28. The number of nitrogens with zero attached hydrogens (tertiary/aromatic N) is 1. The molecule has 3 aromatic rings. The highest BCUT2D eigenvalue weighted by molar-refractivity contribution is 5.98. The zero-order valence-corrected chi connectivity index (χ0v) is 37.9. The number of nitrogens with one attached hydrogen (secondary N) is 9. The molecule has 0 spiro atoms. The third kappa shape index (κ3) is 17.0. The predicted octanol–water partition coefficient (Wildman–Crippen LogP) is -4.77. The molecule has 2 heterocycles. The molecule has 2 aromatic heterocycles. The largest absolute Gasteiger partial charge is 0.481 e. The van der Waals surface area contributed by atoms with Crippen LogP contribution in [0.2, 0.25) is 0 Å². The Morgan fingerprint density at radius 2 is 1.16 bits per heavy atom. The number of fused-ring (bicyclic) bond motifs is 1. The summed E-state index contributed by atoms with van der Waals surface area (Å²) < 4.78 is 0. The van der Waals surface area contributed by atoms with Crippen molar-refractivity contribution < 1.29 is 78.6 Å². The van der Waals surface area contributed by atoms with Crippen LogP contribution in [0, 0.1) is 5.92 Å². The molecule has 0 aliphatic heterocycles. The summed E-state index contributed by atoms with van der Waals surface area (Å²) in [4.78, 5) is 139. The highest BCUT2D eigenvalue weighted by Crippen LogP contribution is 2.20. The molecule has 27 heteroatoms. The van der Waals surface area contributed by atoms with E-state index in [0.29, 0.717) is 5.56 Å². The van der Waals surface area contributed by atoms with Gasteiger partial charge in [-0.1, -0.05) is 32.0 Å². The topological polar surface area (TPSA) is 447 Å². The van der Waals surface area contributed by atoms with Crippen molar-refractivity contribution in [1.82, 2.24) is 52.2 Å². The molecule has 0 radical (unpaired) electrons. The van der Waals surface area contributed by atoms with Gasteiger partial charge in [-0.05, 0) is 37.8 Å². The van der Waals surface area contributed by atoms with Crippen molar-refractivity contribution in [2.75, 3.05) is 6.61 Å². The minimum atomic E-state index is -1.96. The lowest BCUT2D eigenvalue weighted by Crippen LogP contribution is -2.62. The van der Waals surface area contributed by atoms with E-state index in [9.17, 15) is 78.6 Å². The van der Waals surface area contributed by atoms with Gasteiger partial charge in [-0.2, -0.15) is 0 Å². The van der Waals surface area contributed by atoms with Crippen LogP contribution in [0.15, 0.2) is 43.0 Å². The number of imidazole rings is 1. The quantitative estimate of drug-likeness (QED) is 0.0325. The Balaban J connectivity index is 1.85. The Labute approximate surface area is 393 Å². The highest BCUT2D eigenvalue weighted by Gasteiger charge is 2.37. The van der Waals surface area contributed by atoms with Gasteiger partial charge in [0.05, 0.1) is 31.6 Å². The Hall–Kier alpha value is -7.49. The first-order chi connectivity index (χ1) is 32.4. The molecule has 0 aliphatic carbocycles. The molecular formula is C42H59N11O16. The van der Waals surface area contributed by atoms with Gasteiger partial charge in [-0.15, -0.1) is 0 Å². The lowest BCUT2D eigenvalue weighted by atomic mass is 9.99. The van der Waals surface area contributed by atoms with Crippen LogP contribution in [0.5, 0.6) is 0 Å². The minimum Gasteiger partial charge on any atom is -0.481 e. The maximum absolute atomic E-state index is 14.0. The summed E-state index contributed by atoms with van der Waals surface area (Å²) in [6.45, 7) is 4.23. The van der Waals surface area contributed by atoms with E-state index in [1.807, 2.05) is 5.32 Å². The van der Waals surface area contributed by atoms with Crippen molar-refractivity contribution in [3.63, 3.8) is 0 Å². The number of aromatic amines is 2. The maximum Gasteiger partial charge on any atom is 0.328 e. The highest BCUT2D eigenvalue weighted by atomic mass is 16.4. The van der Waals surface area contributed by atoms with Crippen molar-refractivity contribution in [2.24, 2.45) is 11.7 Å². The van der Waals surface area contributed by atoms with Crippen molar-refractivity contribution in [1.29, 1.82) is 0 Å². The second-order valence-electron chi connectivity index (χ2n) is 16.4. The van der Waals surface area contributed by atoms with Crippen LogP contribution in [-0.4, -0.2) is 172 Å². The zero-order valence-electron chi connectivity index (χ0n) is 37.9. The summed E-state index contributed by atoms with van der Waals surface area (Å²) in [5, 5.41) is 74.9. The minimum absolute atomic E-state index is 0.116. The average Bonchev–Trinajstić information content (AvgIpc) is 3.95. The Morgan fingerprint density at radius 3 is 1.72 bits per heavy atom. The third-order valence-electron chi connectivity index (χ3n) is 10.6. The number of H-pyrrole nitrogens is 2. The molecule has 0 saturated carbocycles. The fourth-order valence-corrected chi connectivity index (χ4v) is 6.67. The second kappa shape index (κ2) is 26.2. The fraction of sp³-hybridized carbons (Fsp3) is 0.500. The summed E-state index contributed by atoms with van der Waals surface area (Å²) >= 11 is 0. The second-order valence-corrected chi connectivity index (χ2v) is 16.4. The molecule has 69 heavy (non-hydrogen) atoms. The summed E-state index contributed by atoms with van der Waals surface area (Å²) in [5.41, 5.74) is 7.37. The number of rotatable bonds is 28. The number of carboxylic acid groups (broad SMARTS) is 3. The molecule has 7 amide bonds. The molecule has 378 valence electrons. The summed E-state index contributed by atoms with van der Waals surface area (Å²) in [6.07, 6.45) is -1.79. The van der Waals surface area contributed by atoms with Crippen molar-refractivity contribution in [3.8, 4) is 0 Å². The van der Waals surface area contributed by atoms with Gasteiger partial charge in [0.2, 0.25) is 41.4 Å². The van der Waals surface area contributed by atoms with E-state index in [2.05, 4.69) is 46.9 Å². The van der Waals surface area contributed by atoms with E-state index in [1.165, 1.54) is 33.3 Å². The van der Waals surface area contributed by atoms with E-state index in [1.54, 1.807) is 30.5 Å². The Bertz CT molecular complexity index is 2300. The number of aliphatic hydroxyl groups is 3. The van der Waals surface area contributed by atoms with Crippen molar-refractivity contribution in [3.05, 3.63) is 54.2 Å². The van der Waals surface area contributed by atoms with Gasteiger partial charge >= 0.3 is 17.9 Å². The standard InChI is InChI=1S/C42H59N11O16/c1-18(2)33(52-37(63)26(50-40(66)32(43)19(3)55)11-21-14-45-24-8-6-5-7-23(21)24)41(67)47-25(9-10-30(57)58)35(61)51-29(16-54)39(65)48-27(12-22-15-44-17-46-22)36(62)49-28(13-31(59)60)38(64)53-34(20(4)56)42(68)69/h5-8,14-15,17-20,25-29,32-34,45,54-56H,9-13,16,43H2,1-4H3,(H,44,46)(H,47,67)(H,48,65)(H,49,62)(H,50,66)(H,51,61)(H,52,63)(H,53,64)(H,57,58)(H,59,60)(H,68,69). The lowest BCUT2D eigenvalue weighted by molar-refractivity contribution is -0.146. The van der Waals surface area contributed by atoms with Gasteiger partial charge in [0, 0.05) is 48.3 Å². The van der Waals surface area contributed by atoms with Crippen LogP contribution in [-0.2, 0) is 60.8 Å². The number of aliphatic carboxylic acids is 3. The van der Waals surface area contributed by atoms with Gasteiger partial charge in [0.25, 0.3) is 0 Å². The summed E-state index contributed by atoms with van der Waals surface area (Å²) in [5.74, 6) is -13.2. The molecular weight excluding hydrogens is 915 g/mol. The van der Waals surface area contributed by atoms with Gasteiger partial charge in [0.1, 0.15) is 42.3 Å². The van der Waals surface area contributed by atoms with E-state index in [0.717, 1.165) is 17.8 Å². The first kappa shape index (κ1) is 55.8. The molecule has 0 saturated heterocycles. The van der Waals surface area contributed by atoms with E-state index in [-0.39, 0.29) is 12.1 Å². The number of hydrogen-bond donors (Lipinski definition) is 16. The molecule has 10 unspecified atom stereocenters. The fourth-order valence-electron chi connectivity index (χ4n) is 6.67. The maximum atomic E-state index is 14.0. The number of benzene rings is 1. The number of carbonyl (C=O) groups is 10. The van der Waals surface area contributed by atoms with Gasteiger partial charge in [-0.3, -0.25) is 43.2 Å². The van der Waals surface area contributed by atoms with Crippen molar-refractivity contribution in [2.45, 2.75) is 120 Å². The number of amides is 7. The molecule has 3 rings (SSSR count). The number of carbonyl (C=O) groups excluding carboxylic acids is 7. The monoisotopic (exact) mass is 973 g/mol. The predicted molar refractivity (Wildman–Crippen MR) is 238 cm³/mol. The van der Waals surface area contributed by atoms with Crippen LogP contribution in [0.4, 0.5) is 0 Å². The van der Waals surface area contributed by atoms with Crippen molar-refractivity contribution >= 4 is 70.2 Å². The first-order valence-electron chi connectivity index (χ1n) is 21.5. The van der Waals surface area contributed by atoms with Gasteiger partial charge < -0.3 is 83.6 Å². The van der Waals surface area contributed by atoms with Crippen LogP contribution < -0.4 is 43.0 Å². The average molecular weight is 974 g/mol. The molecule has 17 N–H and O–H groups in total. The van der Waals surface area contributed by atoms with Crippen LogP contribution in [0.1, 0.15) is 58.2 Å². The number of aromatic nitrogens is 3. The summed E-state index contributed by atoms with van der Waals surface area (Å²) in [7, 11) is 0. The molecule has 27 nitrogen and oxygen atoms in total. The number of nitrogens with two attached hydrogens (primary N) is 1. The number of carboxylic acids is 3. The molecule has 0 bridgehead atoms. The van der Waals surface area contributed by atoms with Crippen LogP contribution in [0.3, 0.4) is 0 Å². The van der Waals surface area contributed by atoms with Crippen LogP contribution in [0.25, 0.3) is 10.9 Å². The number of para-hydroxylation sites is 1. The molecule has 0 fully saturated rings. The Morgan fingerprint density at radius 1 is 0.623 bits per heavy atom. The smallest absolute Gasteiger partial charge is 0.328 e. The molecule has 1 aromatic carbocycles. The summed E-state index contributed by atoms with van der Waals surface area (Å²) in [6, 6.07) is -6.39. The van der Waals surface area contributed by atoms with Gasteiger partial charge in [0.15, 0.2) is 6.04 Å². The third-order valence-corrected chi connectivity index (χ3v) is 10.6. The van der Waals surface area contributed by atoms with E-state index in [4.69, 9.17) is 5.73 Å². The van der Waals surface area contributed by atoms with Gasteiger partial charge in [-0.25, -0.2) is 9.78 Å². The van der Waals surface area contributed by atoms with E-state index < -0.39 is 158 Å². The SMILES string of the molecule is CC(C)C(NC(=O)C(Cc1c[nH]c2ccccc12)NC(=O)C(N)C(C)O)C(=O)NC(CCC(=O)O)C(=O)NC(CO)C(=O)NC(Cc1cnc[nH]1)C(=O)NC(CC(=O)O)C(=O)NC(C(=O)O)C(C)O. The van der Waals surface area contributed by atoms with Crippen LogP contribution >= 0.6 is 0 Å². The number of aliphatic hydroxyl groups excluding tert-OH is 3. The molecule has 0 aliphatic rings. The Kier molecular flexibility index (Phi) is 21.2. The van der Waals surface area contributed by atoms with E-state index >= 15 is 0 Å². The normalized spacial score (nSPS) is 15.6. The number of hydrogen-bond acceptors (Lipinski definition) is 15. The zero-order chi connectivity index (χ0) is 51.7.